The summed E-state index contributed by atoms with van der Waals surface area (Å²) in [5.41, 5.74) is 4.60. The van der Waals surface area contributed by atoms with Crippen LogP contribution in [0.15, 0.2) is 42.5 Å². The van der Waals surface area contributed by atoms with Gasteiger partial charge in [-0.2, -0.15) is 5.10 Å². The van der Waals surface area contributed by atoms with Gasteiger partial charge in [-0.25, -0.2) is 0 Å². The Balaban J connectivity index is 1.90. The van der Waals surface area contributed by atoms with Crippen LogP contribution in [-0.2, 0) is 13.2 Å². The molecule has 0 saturated heterocycles. The van der Waals surface area contributed by atoms with E-state index in [1.807, 2.05) is 28.9 Å². The minimum atomic E-state index is 0.498. The number of hydrogen-bond donors (Lipinski definition) is 0. The highest BCUT2D eigenvalue weighted by Crippen LogP contribution is 2.24. The van der Waals surface area contributed by atoms with Gasteiger partial charge in [0.25, 0.3) is 0 Å². The third-order valence-corrected chi connectivity index (χ3v) is 3.95. The second kappa shape index (κ2) is 5.60. The monoisotopic (exact) mass is 280 g/mol. The first-order valence-electron chi connectivity index (χ1n) is 7.34. The molecule has 3 rings (SSSR count). The Kier molecular flexibility index (Phi) is 3.65. The van der Waals surface area contributed by atoms with Gasteiger partial charge in [0, 0.05) is 11.9 Å². The van der Waals surface area contributed by atoms with Crippen LogP contribution in [0.25, 0.3) is 10.9 Å². The summed E-state index contributed by atoms with van der Waals surface area (Å²) in [5, 5.41) is 5.84. The molecule has 0 bridgehead atoms. The Hall–Kier alpha value is -2.29. The fourth-order valence-electron chi connectivity index (χ4n) is 2.57. The van der Waals surface area contributed by atoms with Crippen molar-refractivity contribution in [3.05, 3.63) is 59.3 Å². The van der Waals surface area contributed by atoms with E-state index in [2.05, 4.69) is 44.1 Å². The van der Waals surface area contributed by atoms with E-state index in [4.69, 9.17) is 4.74 Å². The number of rotatable bonds is 4. The SMILES string of the molecule is CCn1nc(COc2cccc(C)c2C)c2ccccc21. The van der Waals surface area contributed by atoms with Crippen LogP contribution >= 0.6 is 0 Å². The topological polar surface area (TPSA) is 27.1 Å². The fourth-order valence-corrected chi connectivity index (χ4v) is 2.57. The lowest BCUT2D eigenvalue weighted by molar-refractivity contribution is 0.298. The molecule has 108 valence electrons. The van der Waals surface area contributed by atoms with Gasteiger partial charge in [0.15, 0.2) is 0 Å². The van der Waals surface area contributed by atoms with Gasteiger partial charge in [-0.05, 0) is 44.0 Å². The molecule has 2 aromatic carbocycles. The predicted octanol–water partition coefficient (Wildman–Crippen LogP) is 4.25. The quantitative estimate of drug-likeness (QED) is 0.714. The predicted molar refractivity (Wildman–Crippen MR) is 85.7 cm³/mol. The highest BCUT2D eigenvalue weighted by atomic mass is 16.5. The van der Waals surface area contributed by atoms with Gasteiger partial charge >= 0.3 is 0 Å². The molecular weight excluding hydrogens is 260 g/mol. The molecule has 1 heterocycles. The molecule has 3 aromatic rings. The molecule has 0 spiro atoms. The van der Waals surface area contributed by atoms with Crippen molar-refractivity contribution in [2.75, 3.05) is 0 Å². The summed E-state index contributed by atoms with van der Waals surface area (Å²) in [7, 11) is 0. The number of aromatic nitrogens is 2. The largest absolute Gasteiger partial charge is 0.487 e. The zero-order valence-corrected chi connectivity index (χ0v) is 12.8. The summed E-state index contributed by atoms with van der Waals surface area (Å²) in [6, 6.07) is 14.5. The molecule has 3 heteroatoms. The summed E-state index contributed by atoms with van der Waals surface area (Å²) in [5.74, 6) is 0.935. The fraction of sp³-hybridized carbons (Fsp3) is 0.278. The normalized spacial score (nSPS) is 11.0. The average molecular weight is 280 g/mol. The van der Waals surface area contributed by atoms with E-state index in [0.29, 0.717) is 6.61 Å². The van der Waals surface area contributed by atoms with Crippen LogP contribution in [-0.4, -0.2) is 9.78 Å². The first-order chi connectivity index (χ1) is 10.2. The van der Waals surface area contributed by atoms with Gasteiger partial charge in [0.05, 0.1) is 5.52 Å². The van der Waals surface area contributed by atoms with Gasteiger partial charge in [-0.1, -0.05) is 30.3 Å². The third kappa shape index (κ3) is 2.51. The lowest BCUT2D eigenvalue weighted by atomic mass is 10.1. The van der Waals surface area contributed by atoms with Crippen molar-refractivity contribution < 1.29 is 4.74 Å². The van der Waals surface area contributed by atoms with Gasteiger partial charge in [-0.3, -0.25) is 4.68 Å². The maximum absolute atomic E-state index is 5.99. The molecule has 0 fully saturated rings. The van der Waals surface area contributed by atoms with Gasteiger partial charge < -0.3 is 4.74 Å². The maximum Gasteiger partial charge on any atom is 0.133 e. The van der Waals surface area contributed by atoms with Crippen molar-refractivity contribution in [3.8, 4) is 5.75 Å². The number of ether oxygens (including phenoxy) is 1. The smallest absolute Gasteiger partial charge is 0.133 e. The van der Waals surface area contributed by atoms with Gasteiger partial charge in [-0.15, -0.1) is 0 Å². The van der Waals surface area contributed by atoms with E-state index in [1.165, 1.54) is 22.0 Å². The molecule has 0 aliphatic rings. The Bertz CT molecular complexity index is 774. The molecule has 0 unspecified atom stereocenters. The van der Waals surface area contributed by atoms with E-state index in [0.717, 1.165) is 18.0 Å². The van der Waals surface area contributed by atoms with Gasteiger partial charge in [0.1, 0.15) is 18.1 Å². The Morgan fingerprint density at radius 2 is 1.86 bits per heavy atom. The molecule has 0 aliphatic carbocycles. The average Bonchev–Trinajstić information content (AvgIpc) is 2.87. The van der Waals surface area contributed by atoms with Crippen molar-refractivity contribution >= 4 is 10.9 Å². The van der Waals surface area contributed by atoms with Crippen LogP contribution in [0, 0.1) is 13.8 Å². The number of hydrogen-bond acceptors (Lipinski definition) is 2. The molecule has 0 radical (unpaired) electrons. The first-order valence-corrected chi connectivity index (χ1v) is 7.34. The minimum absolute atomic E-state index is 0.498. The lowest BCUT2D eigenvalue weighted by Gasteiger charge is -2.09. The van der Waals surface area contributed by atoms with E-state index < -0.39 is 0 Å². The standard InChI is InChI=1S/C18H20N2O/c1-4-20-17-10-6-5-9-15(17)16(19-20)12-21-18-11-7-8-13(2)14(18)3/h5-11H,4,12H2,1-3H3. The summed E-state index contributed by atoms with van der Waals surface area (Å²) in [6.45, 7) is 7.66. The molecule has 21 heavy (non-hydrogen) atoms. The Morgan fingerprint density at radius 3 is 2.67 bits per heavy atom. The van der Waals surface area contributed by atoms with Crippen LogP contribution in [0.5, 0.6) is 5.75 Å². The summed E-state index contributed by atoms with van der Waals surface area (Å²) < 4.78 is 8.02. The third-order valence-electron chi connectivity index (χ3n) is 3.95. The molecule has 0 N–H and O–H groups in total. The number of fused-ring (bicyclic) bond motifs is 1. The zero-order valence-electron chi connectivity index (χ0n) is 12.8. The molecule has 0 aliphatic heterocycles. The first kappa shape index (κ1) is 13.7. The zero-order chi connectivity index (χ0) is 14.8. The van der Waals surface area contributed by atoms with Crippen LogP contribution in [0.4, 0.5) is 0 Å². The Morgan fingerprint density at radius 1 is 1.05 bits per heavy atom. The number of benzene rings is 2. The minimum Gasteiger partial charge on any atom is -0.487 e. The molecular formula is C18H20N2O. The Labute approximate surface area is 125 Å². The number of para-hydroxylation sites is 1. The summed E-state index contributed by atoms with van der Waals surface area (Å²) in [4.78, 5) is 0. The highest BCUT2D eigenvalue weighted by Gasteiger charge is 2.10. The van der Waals surface area contributed by atoms with E-state index in [1.54, 1.807) is 0 Å². The molecule has 0 atom stereocenters. The molecule has 3 nitrogen and oxygen atoms in total. The highest BCUT2D eigenvalue weighted by molar-refractivity contribution is 5.81. The molecule has 0 saturated carbocycles. The van der Waals surface area contributed by atoms with E-state index >= 15 is 0 Å². The number of aryl methyl sites for hydroxylation is 2. The van der Waals surface area contributed by atoms with Crippen LogP contribution < -0.4 is 4.74 Å². The number of nitrogens with zero attached hydrogens (tertiary/aromatic N) is 2. The molecule has 1 aromatic heterocycles. The van der Waals surface area contributed by atoms with Crippen molar-refractivity contribution in [3.63, 3.8) is 0 Å². The van der Waals surface area contributed by atoms with Crippen molar-refractivity contribution in [2.24, 2.45) is 0 Å². The van der Waals surface area contributed by atoms with Crippen molar-refractivity contribution in [2.45, 2.75) is 33.9 Å². The maximum atomic E-state index is 5.99. The second-order valence-corrected chi connectivity index (χ2v) is 5.27. The van der Waals surface area contributed by atoms with Crippen molar-refractivity contribution in [1.29, 1.82) is 0 Å². The van der Waals surface area contributed by atoms with Gasteiger partial charge in [0.2, 0.25) is 0 Å². The van der Waals surface area contributed by atoms with Crippen LogP contribution in [0.1, 0.15) is 23.7 Å². The van der Waals surface area contributed by atoms with E-state index in [-0.39, 0.29) is 0 Å². The van der Waals surface area contributed by atoms with Crippen LogP contribution in [0.3, 0.4) is 0 Å². The molecule has 0 amide bonds. The van der Waals surface area contributed by atoms with Crippen LogP contribution in [0.2, 0.25) is 0 Å². The lowest BCUT2D eigenvalue weighted by Crippen LogP contribution is -2.01. The second-order valence-electron chi connectivity index (χ2n) is 5.27. The summed E-state index contributed by atoms with van der Waals surface area (Å²) in [6.07, 6.45) is 0. The van der Waals surface area contributed by atoms with E-state index in [9.17, 15) is 0 Å². The van der Waals surface area contributed by atoms with Crippen molar-refractivity contribution in [1.82, 2.24) is 9.78 Å². The summed E-state index contributed by atoms with van der Waals surface area (Å²) >= 11 is 0.